The molecule has 2 amide bonds. The van der Waals surface area contributed by atoms with E-state index in [4.69, 9.17) is 4.74 Å². The van der Waals surface area contributed by atoms with Crippen molar-refractivity contribution in [2.45, 2.75) is 44.8 Å². The second-order valence-corrected chi connectivity index (χ2v) is 10.1. The summed E-state index contributed by atoms with van der Waals surface area (Å²) in [4.78, 5) is 29.1. The Morgan fingerprint density at radius 1 is 1.17 bits per heavy atom. The summed E-state index contributed by atoms with van der Waals surface area (Å²) in [6.07, 6.45) is 9.58. The first-order valence-electron chi connectivity index (χ1n) is 12.5. The van der Waals surface area contributed by atoms with Gasteiger partial charge in [0.15, 0.2) is 0 Å². The Balaban J connectivity index is 0.00000304. The number of halogens is 2. The summed E-state index contributed by atoms with van der Waals surface area (Å²) in [7, 11) is 1.63. The zero-order chi connectivity index (χ0) is 24.5. The minimum atomic E-state index is -0.268. The molecule has 3 aliphatic rings. The second kappa shape index (κ2) is 11.0. The van der Waals surface area contributed by atoms with E-state index in [-0.39, 0.29) is 60.1 Å². The molecule has 0 radical (unpaired) electrons. The molecular weight excluding hydrogens is 481 g/mol. The van der Waals surface area contributed by atoms with Crippen molar-refractivity contribution in [3.8, 4) is 11.1 Å². The minimum Gasteiger partial charge on any atom is -0.462 e. The second-order valence-electron chi connectivity index (χ2n) is 10.1. The topological polar surface area (TPSA) is 80.3 Å². The van der Waals surface area contributed by atoms with Crippen molar-refractivity contribution in [2.24, 2.45) is 29.6 Å². The number of aromatic nitrogens is 1. The Labute approximate surface area is 217 Å². The number of benzene rings is 1. The van der Waals surface area contributed by atoms with E-state index in [0.717, 1.165) is 42.5 Å². The quantitative estimate of drug-likeness (QED) is 0.548. The van der Waals surface area contributed by atoms with Gasteiger partial charge in [-0.25, -0.2) is 9.18 Å². The van der Waals surface area contributed by atoms with Crippen molar-refractivity contribution < 1.29 is 18.7 Å². The Kier molecular flexibility index (Phi) is 7.98. The fourth-order valence-electron chi connectivity index (χ4n) is 6.56. The van der Waals surface area contributed by atoms with Crippen LogP contribution >= 0.6 is 12.4 Å². The molecule has 2 heterocycles. The van der Waals surface area contributed by atoms with Crippen LogP contribution in [0.3, 0.4) is 0 Å². The molecule has 192 valence electrons. The zero-order valence-electron chi connectivity index (χ0n) is 20.5. The van der Waals surface area contributed by atoms with Crippen LogP contribution < -0.4 is 10.6 Å². The number of ether oxygens (including phenoxy) is 1. The van der Waals surface area contributed by atoms with Gasteiger partial charge < -0.3 is 15.4 Å². The first kappa shape index (κ1) is 26.1. The number of carbonyl (C=O) groups excluding carboxylic acids is 2. The number of cyclic esters (lactones) is 1. The normalized spacial score (nSPS) is 31.1. The van der Waals surface area contributed by atoms with Gasteiger partial charge in [0.05, 0.1) is 11.6 Å². The van der Waals surface area contributed by atoms with E-state index >= 15 is 0 Å². The molecule has 0 spiro atoms. The van der Waals surface area contributed by atoms with E-state index in [0.29, 0.717) is 11.8 Å². The van der Waals surface area contributed by atoms with Crippen molar-refractivity contribution in [3.05, 3.63) is 60.2 Å². The lowest BCUT2D eigenvalue weighted by molar-refractivity contribution is -0.144. The summed E-state index contributed by atoms with van der Waals surface area (Å²) in [6, 6.07) is 10.4. The van der Waals surface area contributed by atoms with Crippen LogP contribution in [0.4, 0.5) is 9.18 Å². The van der Waals surface area contributed by atoms with Crippen molar-refractivity contribution in [2.75, 3.05) is 7.05 Å². The molecule has 1 aliphatic heterocycles. The highest BCUT2D eigenvalue weighted by molar-refractivity contribution is 5.85. The number of carbonyl (C=O) groups is 2. The van der Waals surface area contributed by atoms with Crippen LogP contribution in [-0.2, 0) is 9.53 Å². The predicted molar refractivity (Wildman–Crippen MR) is 139 cm³/mol. The number of rotatable bonds is 4. The molecule has 5 rings (SSSR count). The molecule has 1 aromatic heterocycles. The van der Waals surface area contributed by atoms with E-state index in [2.05, 4.69) is 21.7 Å². The van der Waals surface area contributed by atoms with E-state index in [1.165, 1.54) is 12.1 Å². The van der Waals surface area contributed by atoms with Crippen LogP contribution in [0.1, 0.15) is 38.3 Å². The molecule has 6 nitrogen and oxygen atoms in total. The average Bonchev–Trinajstić information content (AvgIpc) is 3.14. The smallest absolute Gasteiger partial charge is 0.314 e. The third-order valence-electron chi connectivity index (χ3n) is 8.14. The monoisotopic (exact) mass is 513 g/mol. The summed E-state index contributed by atoms with van der Waals surface area (Å²) < 4.78 is 19.3. The van der Waals surface area contributed by atoms with Gasteiger partial charge in [-0.3, -0.25) is 9.78 Å². The predicted octanol–water partition coefficient (Wildman–Crippen LogP) is 5.23. The number of nitrogens with one attached hydrogen (secondary N) is 2. The van der Waals surface area contributed by atoms with E-state index < -0.39 is 0 Å². The molecule has 36 heavy (non-hydrogen) atoms. The highest BCUT2D eigenvalue weighted by Crippen LogP contribution is 2.53. The molecule has 3 fully saturated rings. The first-order valence-corrected chi connectivity index (χ1v) is 12.5. The number of fused-ring (bicyclic) bond motifs is 2. The highest BCUT2D eigenvalue weighted by Gasteiger charge is 2.54. The van der Waals surface area contributed by atoms with Gasteiger partial charge in [0.25, 0.3) is 0 Å². The van der Waals surface area contributed by atoms with Crippen LogP contribution in [0.2, 0.25) is 0 Å². The van der Waals surface area contributed by atoms with Crippen LogP contribution in [0.25, 0.3) is 17.2 Å². The Bertz CT molecular complexity index is 1130. The molecule has 8 heteroatoms. The van der Waals surface area contributed by atoms with Gasteiger partial charge in [0, 0.05) is 30.8 Å². The largest absolute Gasteiger partial charge is 0.462 e. The molecule has 1 saturated heterocycles. The molecule has 2 N–H and O–H groups in total. The van der Waals surface area contributed by atoms with Crippen LogP contribution in [-0.4, -0.2) is 36.2 Å². The summed E-state index contributed by atoms with van der Waals surface area (Å²) >= 11 is 0. The number of hydrogen-bond acceptors (Lipinski definition) is 4. The highest BCUT2D eigenvalue weighted by atomic mass is 35.5. The van der Waals surface area contributed by atoms with Gasteiger partial charge in [-0.05, 0) is 80.2 Å². The number of nitrogens with zero attached hydrogens (tertiary/aromatic N) is 1. The van der Waals surface area contributed by atoms with E-state index in [1.54, 1.807) is 19.3 Å². The lowest BCUT2D eigenvalue weighted by Crippen LogP contribution is -2.49. The first-order chi connectivity index (χ1) is 16.9. The average molecular weight is 514 g/mol. The summed E-state index contributed by atoms with van der Waals surface area (Å²) in [5.74, 6) is 0.736. The van der Waals surface area contributed by atoms with Crippen molar-refractivity contribution in [3.63, 3.8) is 0 Å². The minimum absolute atomic E-state index is 0. The van der Waals surface area contributed by atoms with Gasteiger partial charge in [0.2, 0.25) is 0 Å². The lowest BCUT2D eigenvalue weighted by Gasteiger charge is -2.47. The summed E-state index contributed by atoms with van der Waals surface area (Å²) in [5.41, 5.74) is 2.49. The Morgan fingerprint density at radius 3 is 2.72 bits per heavy atom. The maximum absolute atomic E-state index is 13.6. The third-order valence-corrected chi connectivity index (χ3v) is 8.14. The molecular formula is C28H33ClFN3O3. The lowest BCUT2D eigenvalue weighted by atomic mass is 9.57. The van der Waals surface area contributed by atoms with Crippen molar-refractivity contribution >= 4 is 30.5 Å². The molecule has 7 atom stereocenters. The number of allylic oxidation sites excluding steroid dienone is 1. The van der Waals surface area contributed by atoms with Gasteiger partial charge in [0.1, 0.15) is 11.9 Å². The van der Waals surface area contributed by atoms with Crippen molar-refractivity contribution in [1.29, 1.82) is 0 Å². The number of pyridine rings is 1. The number of amides is 2. The molecule has 2 aromatic rings. The van der Waals surface area contributed by atoms with Gasteiger partial charge in [-0.1, -0.05) is 24.3 Å². The Hall–Kier alpha value is -2.93. The SMILES string of the molecule is CNC(=O)N[C@@H]1CC[C@@H]2[C@@H](C1)C[C@H]1C(=O)O[C@H](C)[C@H]1[C@H]2/C=C/c1ccc(-c2cccc(F)c2)cn1.Cl. The molecule has 1 aromatic carbocycles. The van der Waals surface area contributed by atoms with Crippen molar-refractivity contribution in [1.82, 2.24) is 15.6 Å². The van der Waals surface area contributed by atoms with Gasteiger partial charge in [-0.2, -0.15) is 0 Å². The van der Waals surface area contributed by atoms with Gasteiger partial charge >= 0.3 is 12.0 Å². The number of esters is 1. The summed E-state index contributed by atoms with van der Waals surface area (Å²) in [6.45, 7) is 2.01. The fourth-order valence-corrected chi connectivity index (χ4v) is 6.56. The van der Waals surface area contributed by atoms with Gasteiger partial charge in [-0.15, -0.1) is 12.4 Å². The van der Waals surface area contributed by atoms with E-state index in [9.17, 15) is 14.0 Å². The molecule has 0 unspecified atom stereocenters. The van der Waals surface area contributed by atoms with Crippen LogP contribution in [0.15, 0.2) is 48.7 Å². The molecule has 2 saturated carbocycles. The van der Waals surface area contributed by atoms with Crippen LogP contribution in [0, 0.1) is 35.4 Å². The maximum Gasteiger partial charge on any atom is 0.314 e. The summed E-state index contributed by atoms with van der Waals surface area (Å²) in [5, 5.41) is 5.70. The molecule has 2 aliphatic carbocycles. The van der Waals surface area contributed by atoms with E-state index in [1.807, 2.05) is 31.2 Å². The standard InChI is InChI=1S/C28H32FN3O3.ClH/c1-16-26-24(11-8-21-7-6-18(15-31-21)17-4-3-5-20(29)12-17)23-10-9-22(32-28(34)30-2)13-19(23)14-25(26)27(33)35-16;/h3-8,11-12,15-16,19,22-26H,9-10,13-14H2,1-2H3,(H2,30,32,34);1H/b11-8+;/t16-,19+,22-,23-,24+,25-,26+;/m1./s1. The number of hydrogen-bond donors (Lipinski definition) is 2. The molecule has 0 bridgehead atoms. The number of urea groups is 1. The van der Waals surface area contributed by atoms with Crippen LogP contribution in [0.5, 0.6) is 0 Å². The Morgan fingerprint density at radius 2 is 2.00 bits per heavy atom. The third kappa shape index (κ3) is 5.26. The zero-order valence-corrected chi connectivity index (χ0v) is 21.3. The maximum atomic E-state index is 13.6. The fraction of sp³-hybridized carbons (Fsp3) is 0.464.